The first-order chi connectivity index (χ1) is 24.9. The van der Waals surface area contributed by atoms with Gasteiger partial charge in [-0.05, 0) is 96.7 Å². The number of carbonyl (C=O) groups is 1. The lowest BCUT2D eigenvalue weighted by atomic mass is 9.82. The van der Waals surface area contributed by atoms with E-state index < -0.39 is 12.2 Å². The molecule has 1 N–H and O–H groups in total. The topological polar surface area (TPSA) is 102 Å². The molecule has 5 aromatic rings. The predicted octanol–water partition coefficient (Wildman–Crippen LogP) is 9.72. The Kier molecular flexibility index (Phi) is 9.92. The highest BCUT2D eigenvalue weighted by atomic mass is 79.9. The van der Waals surface area contributed by atoms with Gasteiger partial charge in [0.2, 0.25) is 5.88 Å². The number of esters is 1. The van der Waals surface area contributed by atoms with E-state index in [2.05, 4.69) is 48.1 Å². The van der Waals surface area contributed by atoms with Crippen LogP contribution in [-0.4, -0.2) is 58.6 Å². The van der Waals surface area contributed by atoms with Gasteiger partial charge in [-0.3, -0.25) is 4.79 Å². The number of rotatable bonds is 11. The monoisotopic (exact) mass is 790 g/mol. The van der Waals surface area contributed by atoms with E-state index in [0.29, 0.717) is 44.3 Å². The number of alkyl halides is 2. The van der Waals surface area contributed by atoms with Crippen molar-refractivity contribution in [2.45, 2.75) is 52.0 Å². The number of nitrogens with one attached hydrogen (secondary N) is 1. The van der Waals surface area contributed by atoms with Crippen molar-refractivity contribution in [3.05, 3.63) is 87.2 Å². The maximum Gasteiger partial charge on any atom is 0.311 e. The van der Waals surface area contributed by atoms with E-state index in [1.807, 2.05) is 55.5 Å². The van der Waals surface area contributed by atoms with E-state index >= 15 is 0 Å². The van der Waals surface area contributed by atoms with Crippen LogP contribution in [-0.2, 0) is 16.1 Å². The number of methoxy groups -OCH3 is 2. The molecule has 0 unspecified atom stereocenters. The lowest BCUT2D eigenvalue weighted by molar-refractivity contribution is -0.152. The lowest BCUT2D eigenvalue weighted by Crippen LogP contribution is -2.32. The van der Waals surface area contributed by atoms with E-state index in [1.54, 1.807) is 19.4 Å². The number of anilines is 2. The number of halogens is 4. The highest BCUT2D eigenvalue weighted by molar-refractivity contribution is 9.10. The summed E-state index contributed by atoms with van der Waals surface area (Å²) in [7, 11) is 5.21. The largest absolute Gasteiger partial charge is 0.481 e. The Bertz CT molecular complexity index is 2180. The predicted molar refractivity (Wildman–Crippen MR) is 201 cm³/mol. The average molecular weight is 792 g/mol. The number of hydrogen-bond donors (Lipinski definition) is 1. The van der Waals surface area contributed by atoms with Crippen molar-refractivity contribution in [3.8, 4) is 28.3 Å². The second-order valence-corrected chi connectivity index (χ2v) is 15.3. The third-order valence-electron chi connectivity index (χ3n) is 10.6. The Labute approximate surface area is 314 Å². The fourth-order valence-electron chi connectivity index (χ4n) is 8.20. The van der Waals surface area contributed by atoms with Gasteiger partial charge in [0.1, 0.15) is 5.52 Å². The molecular weight excluding hydrogens is 754 g/mol. The third-order valence-corrected chi connectivity index (χ3v) is 11.5. The minimum absolute atomic E-state index is 0.0638. The molecule has 0 spiro atoms. The molecule has 0 atom stereocenters. The van der Waals surface area contributed by atoms with Crippen molar-refractivity contribution < 1.29 is 23.0 Å². The van der Waals surface area contributed by atoms with E-state index in [0.717, 1.165) is 66.5 Å². The van der Waals surface area contributed by atoms with Crippen LogP contribution in [0.15, 0.2) is 65.3 Å². The number of fused-ring (bicyclic) bond motifs is 3. The van der Waals surface area contributed by atoms with E-state index in [9.17, 15) is 13.6 Å². The summed E-state index contributed by atoms with van der Waals surface area (Å²) >= 11 is 10.5. The van der Waals surface area contributed by atoms with Crippen LogP contribution in [0.25, 0.3) is 33.4 Å². The summed E-state index contributed by atoms with van der Waals surface area (Å²) in [4.78, 5) is 32.2. The third kappa shape index (κ3) is 6.72. The van der Waals surface area contributed by atoms with Gasteiger partial charge in [0.05, 0.1) is 35.9 Å². The van der Waals surface area contributed by atoms with Crippen molar-refractivity contribution in [2.24, 2.45) is 10.8 Å². The minimum atomic E-state index is -2.85. The summed E-state index contributed by atoms with van der Waals surface area (Å²) in [5.74, 6) is 0.0453. The molecule has 13 heteroatoms. The van der Waals surface area contributed by atoms with Crippen LogP contribution in [0.1, 0.15) is 55.5 Å². The van der Waals surface area contributed by atoms with Crippen LogP contribution in [0, 0.1) is 17.8 Å². The van der Waals surface area contributed by atoms with Crippen LogP contribution in [0.2, 0.25) is 5.02 Å². The second kappa shape index (κ2) is 14.3. The Morgan fingerprint density at radius 3 is 2.48 bits per heavy atom. The lowest BCUT2D eigenvalue weighted by Gasteiger charge is -2.32. The molecular formula is C39H38BrClF2N6O3. The fourth-order valence-corrected chi connectivity index (χ4v) is 8.84. The Morgan fingerprint density at radius 2 is 1.75 bits per heavy atom. The zero-order valence-electron chi connectivity index (χ0n) is 29.3. The van der Waals surface area contributed by atoms with Crippen LogP contribution in [0.5, 0.6) is 5.88 Å². The first-order valence-corrected chi connectivity index (χ1v) is 18.2. The number of ether oxygens (including phenoxy) is 2. The van der Waals surface area contributed by atoms with E-state index in [-0.39, 0.29) is 22.6 Å². The fraction of sp³-hybridized carbons (Fsp3) is 0.359. The van der Waals surface area contributed by atoms with Gasteiger partial charge in [-0.15, -0.1) is 0 Å². The molecule has 0 amide bonds. The molecule has 52 heavy (non-hydrogen) atoms. The molecule has 2 aliphatic rings. The summed E-state index contributed by atoms with van der Waals surface area (Å²) in [6.45, 7) is 3.46. The van der Waals surface area contributed by atoms with Gasteiger partial charge in [0.25, 0.3) is 6.43 Å². The minimum Gasteiger partial charge on any atom is -0.481 e. The summed E-state index contributed by atoms with van der Waals surface area (Å²) < 4.78 is 39.1. The van der Waals surface area contributed by atoms with Gasteiger partial charge in [-0.25, -0.2) is 28.7 Å². The molecule has 0 aliphatic heterocycles. The second-order valence-electron chi connectivity index (χ2n) is 14.0. The summed E-state index contributed by atoms with van der Waals surface area (Å²) in [5, 5.41) is 3.74. The Hall–Kier alpha value is -4.26. The van der Waals surface area contributed by atoms with Crippen molar-refractivity contribution >= 4 is 56.0 Å². The first-order valence-electron chi connectivity index (χ1n) is 17.0. The molecule has 3 aromatic heterocycles. The molecule has 0 saturated heterocycles. The van der Waals surface area contributed by atoms with E-state index in [4.69, 9.17) is 26.1 Å². The quantitative estimate of drug-likeness (QED) is 0.131. The maximum atomic E-state index is 13.7. The smallest absolute Gasteiger partial charge is 0.311 e. The van der Waals surface area contributed by atoms with Gasteiger partial charge in [0.15, 0.2) is 11.6 Å². The van der Waals surface area contributed by atoms with Crippen LogP contribution in [0.4, 0.5) is 20.3 Å². The molecule has 2 bridgehead atoms. The van der Waals surface area contributed by atoms with Gasteiger partial charge in [0, 0.05) is 46.1 Å². The normalized spacial score (nSPS) is 19.5. The van der Waals surface area contributed by atoms with Gasteiger partial charge < -0.3 is 19.7 Å². The number of benzene rings is 2. The number of aromatic nitrogens is 4. The molecule has 2 aromatic carbocycles. The molecule has 270 valence electrons. The summed E-state index contributed by atoms with van der Waals surface area (Å²) in [6, 6.07) is 17.1. The average Bonchev–Trinajstić information content (AvgIpc) is 3.69. The van der Waals surface area contributed by atoms with Crippen molar-refractivity contribution in [3.63, 3.8) is 0 Å². The molecule has 7 rings (SSSR count). The molecule has 9 nitrogen and oxygen atoms in total. The number of nitrogens with zero attached hydrogens (tertiary/aromatic N) is 5. The van der Waals surface area contributed by atoms with Gasteiger partial charge >= 0.3 is 5.97 Å². The van der Waals surface area contributed by atoms with Gasteiger partial charge in [-0.2, -0.15) is 0 Å². The van der Waals surface area contributed by atoms with Crippen molar-refractivity contribution in [1.29, 1.82) is 0 Å². The van der Waals surface area contributed by atoms with Crippen LogP contribution in [0.3, 0.4) is 0 Å². The Morgan fingerprint density at radius 1 is 1.02 bits per heavy atom. The van der Waals surface area contributed by atoms with Crippen LogP contribution >= 0.6 is 27.5 Å². The highest BCUT2D eigenvalue weighted by Crippen LogP contribution is 2.62. The zero-order valence-corrected chi connectivity index (χ0v) is 31.6. The van der Waals surface area contributed by atoms with Crippen LogP contribution < -0.4 is 10.1 Å². The molecule has 0 radical (unpaired) electrons. The summed E-state index contributed by atoms with van der Waals surface area (Å²) in [5.41, 5.74) is 5.94. The van der Waals surface area contributed by atoms with Crippen molar-refractivity contribution in [2.75, 3.05) is 33.1 Å². The SMILES string of the molecule is COC(=O)C12CCC(CN(C)Cc3ccc(-c4cccc(-c5cccc(Nc6nc(C(F)F)nc7cc(Br)cnc67)c5C)c4Cl)nc3OC)(CC1)C2. The molecule has 2 aliphatic carbocycles. The number of hydrogen-bond acceptors (Lipinski definition) is 9. The number of carbonyl (C=O) groups excluding carboxylic acids is 1. The van der Waals surface area contributed by atoms with E-state index in [1.165, 1.54) is 7.11 Å². The Balaban J connectivity index is 1.14. The van der Waals surface area contributed by atoms with Crippen molar-refractivity contribution in [1.82, 2.24) is 24.8 Å². The highest BCUT2D eigenvalue weighted by Gasteiger charge is 2.58. The molecule has 2 saturated carbocycles. The first kappa shape index (κ1) is 36.1. The zero-order chi connectivity index (χ0) is 36.8. The van der Waals surface area contributed by atoms with Gasteiger partial charge in [-0.1, -0.05) is 48.0 Å². The molecule has 3 heterocycles. The summed E-state index contributed by atoms with van der Waals surface area (Å²) in [6.07, 6.45) is 3.44. The standard InChI is InChI=1S/C39H38BrClF2N6O3/c1-22-25(7-6-10-28(22)45-34-32-30(17-24(40)18-44-32)46-35(48-34)33(42)43)26-8-5-9-27(31(26)41)29-12-11-23(36(47-29)51-3)19-49(2)21-38-13-15-39(20-38,16-14-38)37(50)52-4/h5-12,17-18,33H,13-16,19-21H2,1-4H3,(H,45,46,48). The molecule has 2 fully saturated rings. The maximum absolute atomic E-state index is 13.7. The number of pyridine rings is 2.